The SMILES string of the molecule is CC(NC(=O)c1cccn(-c2ccc(NC(=O)c3ccc(F)cc3)cc2)c1=O)c1ccccc1. The molecule has 6 nitrogen and oxygen atoms in total. The zero-order valence-corrected chi connectivity index (χ0v) is 18.4. The van der Waals surface area contributed by atoms with Gasteiger partial charge in [0.15, 0.2) is 0 Å². The van der Waals surface area contributed by atoms with Crippen LogP contribution in [0.2, 0.25) is 0 Å². The first kappa shape index (κ1) is 22.7. The van der Waals surface area contributed by atoms with Crippen molar-refractivity contribution in [2.24, 2.45) is 0 Å². The Kier molecular flexibility index (Phi) is 6.64. The van der Waals surface area contributed by atoms with E-state index < -0.39 is 17.3 Å². The average Bonchev–Trinajstić information content (AvgIpc) is 2.85. The molecular weight excluding hydrogens is 433 g/mol. The number of carbonyl (C=O) groups is 2. The quantitative estimate of drug-likeness (QED) is 0.442. The molecule has 0 spiro atoms. The van der Waals surface area contributed by atoms with Crippen molar-refractivity contribution in [1.82, 2.24) is 9.88 Å². The molecule has 0 saturated heterocycles. The van der Waals surface area contributed by atoms with Gasteiger partial charge in [-0.05, 0) is 73.2 Å². The largest absolute Gasteiger partial charge is 0.345 e. The molecule has 4 aromatic rings. The number of carbonyl (C=O) groups excluding carboxylic acids is 2. The minimum absolute atomic E-state index is 0.0268. The third-order valence-electron chi connectivity index (χ3n) is 5.35. The Labute approximate surface area is 195 Å². The van der Waals surface area contributed by atoms with Gasteiger partial charge in [-0.25, -0.2) is 4.39 Å². The van der Waals surface area contributed by atoms with Gasteiger partial charge in [0.05, 0.1) is 6.04 Å². The monoisotopic (exact) mass is 455 g/mol. The zero-order valence-electron chi connectivity index (χ0n) is 18.4. The third-order valence-corrected chi connectivity index (χ3v) is 5.35. The number of pyridine rings is 1. The predicted molar refractivity (Wildman–Crippen MR) is 129 cm³/mol. The average molecular weight is 455 g/mol. The van der Waals surface area contributed by atoms with Crippen molar-refractivity contribution < 1.29 is 14.0 Å². The first-order chi connectivity index (χ1) is 16.4. The minimum atomic E-state index is -0.459. The normalized spacial score (nSPS) is 11.5. The van der Waals surface area contributed by atoms with Crippen LogP contribution < -0.4 is 16.2 Å². The highest BCUT2D eigenvalue weighted by molar-refractivity contribution is 6.04. The van der Waals surface area contributed by atoms with Crippen molar-refractivity contribution in [3.8, 4) is 5.69 Å². The summed E-state index contributed by atoms with van der Waals surface area (Å²) in [5.41, 5.74) is 1.88. The fourth-order valence-corrected chi connectivity index (χ4v) is 3.48. The molecule has 34 heavy (non-hydrogen) atoms. The van der Waals surface area contributed by atoms with Crippen LogP contribution in [0.15, 0.2) is 102 Å². The molecule has 0 bridgehead atoms. The first-order valence-electron chi connectivity index (χ1n) is 10.7. The number of anilines is 1. The molecule has 1 aromatic heterocycles. The maximum absolute atomic E-state index is 13.0. The Morgan fingerprint density at radius 1 is 0.824 bits per heavy atom. The van der Waals surface area contributed by atoms with Gasteiger partial charge in [0, 0.05) is 23.1 Å². The fraction of sp³-hybridized carbons (Fsp3) is 0.0741. The third kappa shape index (κ3) is 5.10. The van der Waals surface area contributed by atoms with Crippen molar-refractivity contribution in [3.63, 3.8) is 0 Å². The van der Waals surface area contributed by atoms with E-state index in [1.165, 1.54) is 34.9 Å². The van der Waals surface area contributed by atoms with Gasteiger partial charge in [-0.3, -0.25) is 19.0 Å². The number of aromatic nitrogens is 1. The Morgan fingerprint density at radius 3 is 2.18 bits per heavy atom. The summed E-state index contributed by atoms with van der Waals surface area (Å²) in [4.78, 5) is 38.1. The second kappa shape index (κ2) is 9.95. The van der Waals surface area contributed by atoms with E-state index in [-0.39, 0.29) is 17.5 Å². The van der Waals surface area contributed by atoms with Crippen molar-refractivity contribution in [1.29, 1.82) is 0 Å². The Balaban J connectivity index is 1.49. The molecule has 0 fully saturated rings. The molecule has 170 valence electrons. The molecular formula is C27H22FN3O3. The number of rotatable bonds is 6. The van der Waals surface area contributed by atoms with Crippen molar-refractivity contribution in [2.75, 3.05) is 5.32 Å². The van der Waals surface area contributed by atoms with Crippen LogP contribution >= 0.6 is 0 Å². The zero-order chi connectivity index (χ0) is 24.1. The van der Waals surface area contributed by atoms with E-state index >= 15 is 0 Å². The molecule has 3 aromatic carbocycles. The summed E-state index contributed by atoms with van der Waals surface area (Å²) in [6.07, 6.45) is 1.58. The molecule has 1 unspecified atom stereocenters. The summed E-state index contributed by atoms with van der Waals surface area (Å²) < 4.78 is 14.4. The van der Waals surface area contributed by atoms with Gasteiger partial charge in [0.1, 0.15) is 11.4 Å². The number of halogens is 1. The smallest absolute Gasteiger partial charge is 0.267 e. The topological polar surface area (TPSA) is 80.2 Å². The molecule has 2 N–H and O–H groups in total. The van der Waals surface area contributed by atoms with Crippen LogP contribution in [0.1, 0.15) is 39.2 Å². The lowest BCUT2D eigenvalue weighted by molar-refractivity contribution is 0.0937. The number of hydrogen-bond acceptors (Lipinski definition) is 3. The molecule has 0 aliphatic carbocycles. The van der Waals surface area contributed by atoms with Crippen LogP contribution in [0.4, 0.5) is 10.1 Å². The van der Waals surface area contributed by atoms with E-state index in [1.54, 1.807) is 36.5 Å². The van der Waals surface area contributed by atoms with E-state index in [4.69, 9.17) is 0 Å². The molecule has 0 aliphatic rings. The number of amides is 2. The van der Waals surface area contributed by atoms with Crippen molar-refractivity contribution in [3.05, 3.63) is 130 Å². The summed E-state index contributed by atoms with van der Waals surface area (Å²) in [5, 5.41) is 5.58. The van der Waals surface area contributed by atoms with Crippen molar-refractivity contribution in [2.45, 2.75) is 13.0 Å². The lowest BCUT2D eigenvalue weighted by atomic mass is 10.1. The minimum Gasteiger partial charge on any atom is -0.345 e. The molecule has 0 radical (unpaired) electrons. The van der Waals surface area contributed by atoms with Gasteiger partial charge in [-0.2, -0.15) is 0 Å². The molecule has 7 heteroatoms. The van der Waals surface area contributed by atoms with E-state index in [0.29, 0.717) is 16.9 Å². The van der Waals surface area contributed by atoms with Gasteiger partial charge in [-0.15, -0.1) is 0 Å². The Hall–Kier alpha value is -4.52. The first-order valence-corrected chi connectivity index (χ1v) is 10.7. The highest BCUT2D eigenvalue weighted by Crippen LogP contribution is 2.15. The summed E-state index contributed by atoms with van der Waals surface area (Å²) in [6, 6.07) is 24.2. The van der Waals surface area contributed by atoms with Gasteiger partial charge in [-0.1, -0.05) is 30.3 Å². The lowest BCUT2D eigenvalue weighted by Crippen LogP contribution is -2.33. The lowest BCUT2D eigenvalue weighted by Gasteiger charge is -2.15. The fourth-order valence-electron chi connectivity index (χ4n) is 3.48. The number of benzene rings is 3. The Bertz CT molecular complexity index is 1370. The van der Waals surface area contributed by atoms with Crippen LogP contribution in [-0.2, 0) is 0 Å². The van der Waals surface area contributed by atoms with E-state index in [9.17, 15) is 18.8 Å². The Morgan fingerprint density at radius 2 is 1.50 bits per heavy atom. The predicted octanol–water partition coefficient (Wildman–Crippen LogP) is 4.72. The second-order valence-corrected chi connectivity index (χ2v) is 7.71. The molecule has 0 saturated carbocycles. The van der Waals surface area contributed by atoms with Crippen LogP contribution in [0.3, 0.4) is 0 Å². The summed E-state index contributed by atoms with van der Waals surface area (Å²) in [6.45, 7) is 1.85. The van der Waals surface area contributed by atoms with E-state index in [1.807, 2.05) is 37.3 Å². The second-order valence-electron chi connectivity index (χ2n) is 7.71. The number of nitrogens with zero attached hydrogens (tertiary/aromatic N) is 1. The van der Waals surface area contributed by atoms with Crippen LogP contribution in [0, 0.1) is 5.82 Å². The molecule has 2 amide bonds. The summed E-state index contributed by atoms with van der Waals surface area (Å²) >= 11 is 0. The van der Waals surface area contributed by atoms with E-state index in [0.717, 1.165) is 5.56 Å². The van der Waals surface area contributed by atoms with Gasteiger partial charge < -0.3 is 10.6 Å². The number of nitrogens with one attached hydrogen (secondary N) is 2. The summed E-state index contributed by atoms with van der Waals surface area (Å²) in [5.74, 6) is -1.26. The number of hydrogen-bond donors (Lipinski definition) is 2. The molecule has 1 atom stereocenters. The highest BCUT2D eigenvalue weighted by Gasteiger charge is 2.16. The molecule has 1 heterocycles. The maximum Gasteiger partial charge on any atom is 0.267 e. The van der Waals surface area contributed by atoms with Gasteiger partial charge in [0.2, 0.25) is 0 Å². The van der Waals surface area contributed by atoms with Crippen molar-refractivity contribution >= 4 is 17.5 Å². The van der Waals surface area contributed by atoms with Gasteiger partial charge in [0.25, 0.3) is 17.4 Å². The standard InChI is InChI=1S/C27H22FN3O3/c1-18(19-6-3-2-4-7-19)29-26(33)24-8-5-17-31(27(24)34)23-15-13-22(14-16-23)30-25(32)20-9-11-21(28)12-10-20/h2-18H,1H3,(H,29,33)(H,30,32). The van der Waals surface area contributed by atoms with Crippen LogP contribution in [0.25, 0.3) is 5.69 Å². The maximum atomic E-state index is 13.0. The van der Waals surface area contributed by atoms with E-state index in [2.05, 4.69) is 10.6 Å². The molecule has 4 rings (SSSR count). The highest BCUT2D eigenvalue weighted by atomic mass is 19.1. The summed E-state index contributed by atoms with van der Waals surface area (Å²) in [7, 11) is 0. The van der Waals surface area contributed by atoms with Gasteiger partial charge >= 0.3 is 0 Å². The molecule has 0 aliphatic heterocycles. The van der Waals surface area contributed by atoms with Crippen LogP contribution in [0.5, 0.6) is 0 Å². The van der Waals surface area contributed by atoms with Crippen LogP contribution in [-0.4, -0.2) is 16.4 Å².